The number of nitrogens with two attached hydrogens (primary N) is 1. The molecule has 0 bridgehead atoms. The van der Waals surface area contributed by atoms with Crippen molar-refractivity contribution in [3.63, 3.8) is 0 Å². The van der Waals surface area contributed by atoms with Crippen LogP contribution in [0.5, 0.6) is 0 Å². The van der Waals surface area contributed by atoms with E-state index in [1.165, 1.54) is 0 Å². The van der Waals surface area contributed by atoms with Gasteiger partial charge in [-0.05, 0) is 19.3 Å². The van der Waals surface area contributed by atoms with E-state index in [1.54, 1.807) is 6.92 Å². The zero-order valence-corrected chi connectivity index (χ0v) is 7.02. The van der Waals surface area contributed by atoms with Gasteiger partial charge in [-0.15, -0.1) is 0 Å². The van der Waals surface area contributed by atoms with Crippen molar-refractivity contribution in [2.75, 3.05) is 0 Å². The minimum Gasteiger partial charge on any atom is -0.314 e. The summed E-state index contributed by atoms with van der Waals surface area (Å²) in [5, 5.41) is 8.56. The summed E-state index contributed by atoms with van der Waals surface area (Å²) >= 11 is 0. The molecule has 0 aliphatic heterocycles. The van der Waals surface area contributed by atoms with Crippen LogP contribution in [-0.2, 0) is 0 Å². The Morgan fingerprint density at radius 2 is 2.20 bits per heavy atom. The molecule has 0 amide bonds. The first kappa shape index (κ1) is 9.45. The third kappa shape index (κ3) is 3.47. The molecule has 0 aromatic rings. The molecule has 2 heteroatoms. The molecule has 0 aromatic heterocycles. The predicted octanol–water partition coefficient (Wildman–Crippen LogP) is 1.66. The first-order valence-corrected chi connectivity index (χ1v) is 3.72. The third-order valence-electron chi connectivity index (χ3n) is 1.72. The van der Waals surface area contributed by atoms with Gasteiger partial charge < -0.3 is 5.73 Å². The fraction of sp³-hybridized carbons (Fsp3) is 0.875. The second-order valence-corrected chi connectivity index (χ2v) is 3.25. The SMILES string of the molecule is CCC(C)CC(C)(N)C#N. The van der Waals surface area contributed by atoms with Crippen molar-refractivity contribution in [1.29, 1.82) is 5.26 Å². The molecule has 2 unspecified atom stereocenters. The standard InChI is InChI=1S/C8H16N2/c1-4-7(2)5-8(3,10)6-9/h7H,4-5,10H2,1-3H3. The number of nitriles is 1. The number of rotatable bonds is 3. The van der Waals surface area contributed by atoms with E-state index < -0.39 is 5.54 Å². The van der Waals surface area contributed by atoms with Gasteiger partial charge in [-0.1, -0.05) is 20.3 Å². The van der Waals surface area contributed by atoms with E-state index in [0.717, 1.165) is 12.8 Å². The van der Waals surface area contributed by atoms with Gasteiger partial charge in [-0.25, -0.2) is 0 Å². The highest BCUT2D eigenvalue weighted by atomic mass is 14.7. The van der Waals surface area contributed by atoms with Crippen molar-refractivity contribution in [2.45, 2.75) is 39.2 Å². The highest BCUT2D eigenvalue weighted by molar-refractivity contribution is 5.01. The van der Waals surface area contributed by atoms with Gasteiger partial charge in [-0.2, -0.15) is 5.26 Å². The van der Waals surface area contributed by atoms with Crippen LogP contribution >= 0.6 is 0 Å². The van der Waals surface area contributed by atoms with Crippen LogP contribution in [-0.4, -0.2) is 5.54 Å². The van der Waals surface area contributed by atoms with Crippen LogP contribution in [0.3, 0.4) is 0 Å². The van der Waals surface area contributed by atoms with Crippen LogP contribution in [0.2, 0.25) is 0 Å². The van der Waals surface area contributed by atoms with E-state index in [2.05, 4.69) is 19.9 Å². The Morgan fingerprint density at radius 3 is 2.50 bits per heavy atom. The van der Waals surface area contributed by atoms with Gasteiger partial charge in [0.2, 0.25) is 0 Å². The van der Waals surface area contributed by atoms with Gasteiger partial charge in [-0.3, -0.25) is 0 Å². The van der Waals surface area contributed by atoms with E-state index in [-0.39, 0.29) is 0 Å². The highest BCUT2D eigenvalue weighted by Crippen LogP contribution is 2.15. The summed E-state index contributed by atoms with van der Waals surface area (Å²) in [6.07, 6.45) is 1.88. The number of nitrogens with zero attached hydrogens (tertiary/aromatic N) is 1. The van der Waals surface area contributed by atoms with Crippen molar-refractivity contribution < 1.29 is 0 Å². The number of hydrogen-bond acceptors (Lipinski definition) is 2. The smallest absolute Gasteiger partial charge is 0.101 e. The monoisotopic (exact) mass is 140 g/mol. The molecule has 2 atom stereocenters. The summed E-state index contributed by atoms with van der Waals surface area (Å²) < 4.78 is 0. The molecule has 0 aliphatic rings. The van der Waals surface area contributed by atoms with Crippen LogP contribution in [0, 0.1) is 17.2 Å². The van der Waals surface area contributed by atoms with Gasteiger partial charge in [0.15, 0.2) is 0 Å². The Kier molecular flexibility index (Phi) is 3.38. The summed E-state index contributed by atoms with van der Waals surface area (Å²) in [5.74, 6) is 0.551. The Morgan fingerprint density at radius 1 is 1.70 bits per heavy atom. The zero-order valence-electron chi connectivity index (χ0n) is 7.02. The minimum atomic E-state index is -0.630. The average Bonchev–Trinajstić information content (AvgIpc) is 1.87. The lowest BCUT2D eigenvalue weighted by Crippen LogP contribution is -2.35. The van der Waals surface area contributed by atoms with Gasteiger partial charge in [0.1, 0.15) is 5.54 Å². The molecule has 0 radical (unpaired) electrons. The summed E-state index contributed by atoms with van der Waals surface area (Å²) in [7, 11) is 0. The van der Waals surface area contributed by atoms with Crippen LogP contribution < -0.4 is 5.73 Å². The quantitative estimate of drug-likeness (QED) is 0.648. The fourth-order valence-corrected chi connectivity index (χ4v) is 0.914. The summed E-state index contributed by atoms with van der Waals surface area (Å²) in [6.45, 7) is 6.00. The average molecular weight is 140 g/mol. The lowest BCUT2D eigenvalue weighted by atomic mass is 9.91. The van der Waals surface area contributed by atoms with E-state index >= 15 is 0 Å². The molecule has 0 spiro atoms. The van der Waals surface area contributed by atoms with Crippen LogP contribution in [0.1, 0.15) is 33.6 Å². The van der Waals surface area contributed by atoms with E-state index in [0.29, 0.717) is 5.92 Å². The second-order valence-electron chi connectivity index (χ2n) is 3.25. The highest BCUT2D eigenvalue weighted by Gasteiger charge is 2.19. The predicted molar refractivity (Wildman–Crippen MR) is 42.3 cm³/mol. The Bertz CT molecular complexity index is 133. The fourth-order valence-electron chi connectivity index (χ4n) is 0.914. The topological polar surface area (TPSA) is 49.8 Å². The molecular weight excluding hydrogens is 124 g/mol. The van der Waals surface area contributed by atoms with Gasteiger partial charge in [0.25, 0.3) is 0 Å². The van der Waals surface area contributed by atoms with Gasteiger partial charge >= 0.3 is 0 Å². The lowest BCUT2D eigenvalue weighted by Gasteiger charge is -2.18. The third-order valence-corrected chi connectivity index (χ3v) is 1.72. The van der Waals surface area contributed by atoms with E-state index in [4.69, 9.17) is 11.0 Å². The van der Waals surface area contributed by atoms with Crippen molar-refractivity contribution in [3.05, 3.63) is 0 Å². The Labute approximate surface area is 63.0 Å². The molecule has 0 rings (SSSR count). The molecule has 0 aliphatic carbocycles. The van der Waals surface area contributed by atoms with Crippen LogP contribution in [0.25, 0.3) is 0 Å². The summed E-state index contributed by atoms with van der Waals surface area (Å²) in [6, 6.07) is 2.08. The molecule has 0 saturated heterocycles. The van der Waals surface area contributed by atoms with E-state index in [1.807, 2.05) is 0 Å². The molecule has 2 N–H and O–H groups in total. The van der Waals surface area contributed by atoms with Gasteiger partial charge in [0, 0.05) is 0 Å². The summed E-state index contributed by atoms with van der Waals surface area (Å²) in [5.41, 5.74) is 5.00. The second kappa shape index (κ2) is 3.58. The van der Waals surface area contributed by atoms with Crippen molar-refractivity contribution in [2.24, 2.45) is 11.7 Å². The Hall–Kier alpha value is -0.550. The zero-order chi connectivity index (χ0) is 8.20. The van der Waals surface area contributed by atoms with Crippen LogP contribution in [0.4, 0.5) is 0 Å². The first-order chi connectivity index (χ1) is 4.52. The minimum absolute atomic E-state index is 0.551. The molecule has 0 aromatic carbocycles. The maximum Gasteiger partial charge on any atom is 0.101 e. The molecule has 0 saturated carbocycles. The van der Waals surface area contributed by atoms with Crippen LogP contribution in [0.15, 0.2) is 0 Å². The lowest BCUT2D eigenvalue weighted by molar-refractivity contribution is 0.413. The molecule has 58 valence electrons. The molecular formula is C8H16N2. The van der Waals surface area contributed by atoms with Crippen molar-refractivity contribution >= 4 is 0 Å². The Balaban J connectivity index is 3.79. The first-order valence-electron chi connectivity index (χ1n) is 3.72. The van der Waals surface area contributed by atoms with Crippen molar-refractivity contribution in [3.8, 4) is 6.07 Å². The van der Waals surface area contributed by atoms with E-state index in [9.17, 15) is 0 Å². The summed E-state index contributed by atoms with van der Waals surface area (Å²) in [4.78, 5) is 0. The maximum absolute atomic E-state index is 8.56. The van der Waals surface area contributed by atoms with Crippen molar-refractivity contribution in [1.82, 2.24) is 0 Å². The van der Waals surface area contributed by atoms with Gasteiger partial charge in [0.05, 0.1) is 6.07 Å². The normalized spacial score (nSPS) is 19.1. The molecule has 10 heavy (non-hydrogen) atoms. The molecule has 2 nitrogen and oxygen atoms in total. The largest absolute Gasteiger partial charge is 0.314 e. The molecule has 0 heterocycles. The molecule has 0 fully saturated rings. The number of hydrogen-bond donors (Lipinski definition) is 1. The maximum atomic E-state index is 8.56.